The van der Waals surface area contributed by atoms with Gasteiger partial charge in [0, 0.05) is 24.2 Å². The monoisotopic (exact) mass is 566 g/mol. The van der Waals surface area contributed by atoms with Gasteiger partial charge in [-0.2, -0.15) is 0 Å². The van der Waals surface area contributed by atoms with Gasteiger partial charge in [0.2, 0.25) is 0 Å². The Balaban J connectivity index is 1.70. The minimum Gasteiger partial charge on any atom is -0.322 e. The number of pyridine rings is 1. The number of fused-ring (bicyclic) bond motifs is 1. The summed E-state index contributed by atoms with van der Waals surface area (Å²) in [6, 6.07) is 22.4. The Hall–Kier alpha value is -4.17. The van der Waals surface area contributed by atoms with Crippen LogP contribution in [-0.2, 0) is 24.0 Å². The first kappa shape index (κ1) is 29.3. The third kappa shape index (κ3) is 6.34. The number of aromatic nitrogens is 5. The molecule has 0 amide bonds. The van der Waals surface area contributed by atoms with E-state index in [0.717, 1.165) is 27.6 Å². The number of nitrogens with zero attached hydrogens (tertiary/aromatic N) is 5. The average Bonchev–Trinajstić information content (AvgIpc) is 3.41. The summed E-state index contributed by atoms with van der Waals surface area (Å²) in [4.78, 5) is 19.1. The Morgan fingerprint density at radius 1 is 0.881 bits per heavy atom. The zero-order valence-corrected chi connectivity index (χ0v) is 25.4. The summed E-state index contributed by atoms with van der Waals surface area (Å²) in [6.07, 6.45) is 0. The summed E-state index contributed by atoms with van der Waals surface area (Å²) in [6.45, 7) is 15.6. The van der Waals surface area contributed by atoms with Crippen molar-refractivity contribution in [2.24, 2.45) is 0 Å². The van der Waals surface area contributed by atoms with Crippen LogP contribution in [0.1, 0.15) is 81.2 Å². The number of tetrazole rings is 1. The van der Waals surface area contributed by atoms with E-state index in [1.807, 2.05) is 52.0 Å². The van der Waals surface area contributed by atoms with Crippen LogP contribution in [0.2, 0.25) is 0 Å². The van der Waals surface area contributed by atoms with Crippen molar-refractivity contribution in [2.75, 3.05) is 0 Å². The highest BCUT2D eigenvalue weighted by atomic mass is 19.1. The molecule has 7 nitrogen and oxygen atoms in total. The summed E-state index contributed by atoms with van der Waals surface area (Å²) < 4.78 is 15.7. The van der Waals surface area contributed by atoms with Gasteiger partial charge in [-0.3, -0.25) is 9.69 Å². The molecule has 3 aromatic carbocycles. The molecule has 1 atom stereocenters. The molecule has 2 heterocycles. The molecule has 0 bridgehead atoms. The zero-order chi connectivity index (χ0) is 30.2. The third-order valence-corrected chi connectivity index (χ3v) is 7.57. The number of hydrogen-bond donors (Lipinski definition) is 1. The van der Waals surface area contributed by atoms with Crippen LogP contribution in [0.25, 0.3) is 10.9 Å². The highest BCUT2D eigenvalue weighted by Crippen LogP contribution is 2.32. The Bertz CT molecular complexity index is 1740. The minimum absolute atomic E-state index is 0.0282. The van der Waals surface area contributed by atoms with Crippen molar-refractivity contribution < 1.29 is 4.39 Å². The second-order valence-corrected chi connectivity index (χ2v) is 13.1. The molecule has 0 saturated heterocycles. The minimum atomic E-state index is -0.596. The van der Waals surface area contributed by atoms with Gasteiger partial charge in [-0.05, 0) is 95.4 Å². The number of aryl methyl sites for hydroxylation is 1. The van der Waals surface area contributed by atoms with Crippen LogP contribution >= 0.6 is 0 Å². The van der Waals surface area contributed by atoms with E-state index in [2.05, 4.69) is 70.4 Å². The Morgan fingerprint density at radius 2 is 1.50 bits per heavy atom. The highest BCUT2D eigenvalue weighted by molar-refractivity contribution is 5.79. The number of nitrogens with one attached hydrogen (secondary N) is 1. The maximum Gasteiger partial charge on any atom is 0.253 e. The molecule has 42 heavy (non-hydrogen) atoms. The lowest BCUT2D eigenvalue weighted by Gasteiger charge is -2.33. The van der Waals surface area contributed by atoms with E-state index in [0.29, 0.717) is 24.5 Å². The standard InChI is InChI=1S/C34H39FN6O/c1-22-8-13-25-19-28(32(42)36-29(25)18-22)30(31-37-38-39-41(31)34(5,6)7)40(21-24-11-16-27(35)17-12-24)20-23-9-14-26(15-10-23)33(2,3)4/h8-19,30H,20-21H2,1-7H3,(H,36,42). The lowest BCUT2D eigenvalue weighted by atomic mass is 9.86. The summed E-state index contributed by atoms with van der Waals surface area (Å²) in [5, 5.41) is 13.8. The van der Waals surface area contributed by atoms with Gasteiger partial charge in [-0.25, -0.2) is 9.07 Å². The van der Waals surface area contributed by atoms with Crippen LogP contribution in [0.3, 0.4) is 0 Å². The zero-order valence-electron chi connectivity index (χ0n) is 25.4. The van der Waals surface area contributed by atoms with Crippen molar-refractivity contribution in [1.29, 1.82) is 0 Å². The maximum atomic E-state index is 13.9. The topological polar surface area (TPSA) is 79.7 Å². The van der Waals surface area contributed by atoms with Crippen LogP contribution < -0.4 is 5.56 Å². The fraction of sp³-hybridized carbons (Fsp3) is 0.353. The fourth-order valence-electron chi connectivity index (χ4n) is 5.28. The lowest BCUT2D eigenvalue weighted by Crippen LogP contribution is -2.37. The number of aromatic amines is 1. The molecule has 0 spiro atoms. The highest BCUT2D eigenvalue weighted by Gasteiger charge is 2.33. The molecule has 0 aliphatic rings. The van der Waals surface area contributed by atoms with Crippen molar-refractivity contribution >= 4 is 10.9 Å². The third-order valence-electron chi connectivity index (χ3n) is 7.57. The van der Waals surface area contributed by atoms with Gasteiger partial charge in [0.15, 0.2) is 5.82 Å². The second kappa shape index (κ2) is 11.2. The molecule has 0 radical (unpaired) electrons. The van der Waals surface area contributed by atoms with Gasteiger partial charge in [0.25, 0.3) is 5.56 Å². The van der Waals surface area contributed by atoms with Crippen LogP contribution in [0.15, 0.2) is 77.6 Å². The van der Waals surface area contributed by atoms with Gasteiger partial charge in [-0.15, -0.1) is 5.10 Å². The van der Waals surface area contributed by atoms with E-state index in [-0.39, 0.29) is 16.8 Å². The van der Waals surface area contributed by atoms with Gasteiger partial charge >= 0.3 is 0 Å². The van der Waals surface area contributed by atoms with Crippen LogP contribution in [0.5, 0.6) is 0 Å². The molecule has 2 aromatic heterocycles. The Morgan fingerprint density at radius 3 is 2.10 bits per heavy atom. The predicted molar refractivity (Wildman–Crippen MR) is 165 cm³/mol. The van der Waals surface area contributed by atoms with E-state index >= 15 is 0 Å². The molecule has 5 rings (SSSR count). The molecular formula is C34H39FN6O. The van der Waals surface area contributed by atoms with Crippen molar-refractivity contribution in [3.8, 4) is 0 Å². The van der Waals surface area contributed by atoms with Crippen molar-refractivity contribution in [1.82, 2.24) is 30.1 Å². The van der Waals surface area contributed by atoms with Crippen LogP contribution in [0.4, 0.5) is 4.39 Å². The van der Waals surface area contributed by atoms with Crippen molar-refractivity contribution in [3.63, 3.8) is 0 Å². The number of halogens is 1. The van der Waals surface area contributed by atoms with Gasteiger partial charge in [0.1, 0.15) is 11.9 Å². The van der Waals surface area contributed by atoms with Crippen LogP contribution in [-0.4, -0.2) is 30.1 Å². The summed E-state index contributed by atoms with van der Waals surface area (Å²) in [5.41, 5.74) is 5.01. The molecule has 5 aromatic rings. The van der Waals surface area contributed by atoms with E-state index in [1.165, 1.54) is 17.7 Å². The molecule has 0 fully saturated rings. The summed E-state index contributed by atoms with van der Waals surface area (Å²) >= 11 is 0. The quantitative estimate of drug-likeness (QED) is 0.234. The Kier molecular flexibility index (Phi) is 7.86. The summed E-state index contributed by atoms with van der Waals surface area (Å²) in [7, 11) is 0. The van der Waals surface area contributed by atoms with Crippen molar-refractivity contribution in [2.45, 2.75) is 78.6 Å². The smallest absolute Gasteiger partial charge is 0.253 e. The van der Waals surface area contributed by atoms with Gasteiger partial charge < -0.3 is 4.98 Å². The first-order chi connectivity index (χ1) is 19.8. The van der Waals surface area contributed by atoms with Crippen molar-refractivity contribution in [3.05, 3.63) is 123 Å². The van der Waals surface area contributed by atoms with E-state index in [4.69, 9.17) is 0 Å². The Labute approximate surface area is 246 Å². The fourth-order valence-corrected chi connectivity index (χ4v) is 5.28. The van der Waals surface area contributed by atoms with E-state index in [9.17, 15) is 9.18 Å². The molecule has 0 saturated carbocycles. The molecule has 1 unspecified atom stereocenters. The molecule has 8 heteroatoms. The molecular weight excluding hydrogens is 527 g/mol. The van der Waals surface area contributed by atoms with E-state index in [1.54, 1.807) is 16.8 Å². The largest absolute Gasteiger partial charge is 0.322 e. The number of hydrogen-bond acceptors (Lipinski definition) is 5. The molecule has 0 aliphatic carbocycles. The van der Waals surface area contributed by atoms with Gasteiger partial charge in [0.05, 0.1) is 5.54 Å². The van der Waals surface area contributed by atoms with E-state index < -0.39 is 11.6 Å². The second-order valence-electron chi connectivity index (χ2n) is 13.1. The first-order valence-electron chi connectivity index (χ1n) is 14.3. The average molecular weight is 567 g/mol. The summed E-state index contributed by atoms with van der Waals surface area (Å²) in [5.74, 6) is 0.269. The number of rotatable bonds is 7. The first-order valence-corrected chi connectivity index (χ1v) is 14.3. The molecule has 1 N–H and O–H groups in total. The number of H-pyrrole nitrogens is 1. The van der Waals surface area contributed by atoms with Crippen LogP contribution in [0, 0.1) is 12.7 Å². The molecule has 0 aliphatic heterocycles. The SMILES string of the molecule is Cc1ccc2cc(C(c3nnnn3C(C)(C)C)N(Cc3ccc(F)cc3)Cc3ccc(C(C)(C)C)cc3)c(=O)[nH]c2c1. The predicted octanol–water partition coefficient (Wildman–Crippen LogP) is 6.81. The number of benzene rings is 3. The maximum absolute atomic E-state index is 13.9. The van der Waals surface area contributed by atoms with Gasteiger partial charge in [-0.1, -0.05) is 69.3 Å². The lowest BCUT2D eigenvalue weighted by molar-refractivity contribution is 0.184. The normalized spacial score (nSPS) is 13.2. The molecule has 218 valence electrons.